The number of anilines is 1. The maximum Gasteiger partial charge on any atom is 0.231 e. The maximum atomic E-state index is 12.3. The molecule has 158 valence electrons. The van der Waals surface area contributed by atoms with E-state index in [0.29, 0.717) is 12.4 Å². The summed E-state index contributed by atoms with van der Waals surface area (Å²) in [7, 11) is 0. The van der Waals surface area contributed by atoms with Crippen molar-refractivity contribution in [3.05, 3.63) is 95.8 Å². The first-order valence-electron chi connectivity index (χ1n) is 10.4. The molecular formula is C25H26N4O2. The zero-order valence-corrected chi connectivity index (χ0v) is 17.2. The smallest absolute Gasteiger partial charge is 0.231 e. The number of rotatable bonds is 9. The molecule has 31 heavy (non-hydrogen) atoms. The molecule has 1 unspecified atom stereocenters. The van der Waals surface area contributed by atoms with E-state index < -0.39 is 6.10 Å². The molecule has 4 aromatic rings. The van der Waals surface area contributed by atoms with E-state index in [1.54, 1.807) is 0 Å². The van der Waals surface area contributed by atoms with Gasteiger partial charge in [0.2, 0.25) is 5.91 Å². The lowest BCUT2D eigenvalue weighted by molar-refractivity contribution is -0.115. The third kappa shape index (κ3) is 5.78. The monoisotopic (exact) mass is 414 g/mol. The Hall–Kier alpha value is -3.48. The fourth-order valence-corrected chi connectivity index (χ4v) is 3.47. The second kappa shape index (κ2) is 10.0. The summed E-state index contributed by atoms with van der Waals surface area (Å²) < 4.78 is 0. The highest BCUT2D eigenvalue weighted by atomic mass is 16.3. The summed E-state index contributed by atoms with van der Waals surface area (Å²) in [4.78, 5) is 19.9. The van der Waals surface area contributed by atoms with Crippen LogP contribution in [0.1, 0.15) is 23.1 Å². The van der Waals surface area contributed by atoms with Crippen molar-refractivity contribution in [2.75, 3.05) is 18.4 Å². The molecule has 1 heterocycles. The van der Waals surface area contributed by atoms with E-state index in [1.807, 2.05) is 78.9 Å². The summed E-state index contributed by atoms with van der Waals surface area (Å²) in [6.07, 6.45) is 0.532. The lowest BCUT2D eigenvalue weighted by Crippen LogP contribution is -2.23. The SMILES string of the molecule is O=C(Cc1nc2ccccc2[nH]1)Nc1ccc(CCNCC(O)c2ccccc2)cc1. The van der Waals surface area contributed by atoms with Gasteiger partial charge in [-0.1, -0.05) is 54.6 Å². The van der Waals surface area contributed by atoms with Gasteiger partial charge in [0.05, 0.1) is 23.6 Å². The van der Waals surface area contributed by atoms with Crippen molar-refractivity contribution in [3.8, 4) is 0 Å². The Labute approximate surface area is 181 Å². The number of aromatic amines is 1. The molecule has 0 fully saturated rings. The van der Waals surface area contributed by atoms with E-state index in [1.165, 1.54) is 0 Å². The van der Waals surface area contributed by atoms with Crippen molar-refractivity contribution in [1.82, 2.24) is 15.3 Å². The van der Waals surface area contributed by atoms with Crippen LogP contribution in [0.5, 0.6) is 0 Å². The second-order valence-electron chi connectivity index (χ2n) is 7.50. The van der Waals surface area contributed by atoms with Gasteiger partial charge in [-0.3, -0.25) is 4.79 Å². The number of para-hydroxylation sites is 2. The minimum Gasteiger partial charge on any atom is -0.387 e. The molecule has 0 spiro atoms. The highest BCUT2D eigenvalue weighted by Gasteiger charge is 2.09. The number of aliphatic hydroxyl groups is 1. The number of fused-ring (bicyclic) bond motifs is 1. The van der Waals surface area contributed by atoms with Crippen molar-refractivity contribution >= 4 is 22.6 Å². The van der Waals surface area contributed by atoms with Gasteiger partial charge in [0.15, 0.2) is 0 Å². The Bertz CT molecular complexity index is 1090. The first-order valence-corrected chi connectivity index (χ1v) is 10.4. The number of aromatic nitrogens is 2. The van der Waals surface area contributed by atoms with Crippen LogP contribution in [0.4, 0.5) is 5.69 Å². The van der Waals surface area contributed by atoms with Crippen LogP contribution in [0.25, 0.3) is 11.0 Å². The van der Waals surface area contributed by atoms with Crippen molar-refractivity contribution in [1.29, 1.82) is 0 Å². The molecule has 0 bridgehead atoms. The fourth-order valence-electron chi connectivity index (χ4n) is 3.47. The summed E-state index contributed by atoms with van der Waals surface area (Å²) in [6, 6.07) is 25.2. The van der Waals surface area contributed by atoms with Crippen LogP contribution in [-0.4, -0.2) is 34.1 Å². The molecule has 4 rings (SSSR count). The van der Waals surface area contributed by atoms with Crippen molar-refractivity contribution in [3.63, 3.8) is 0 Å². The number of benzene rings is 3. The van der Waals surface area contributed by atoms with E-state index in [-0.39, 0.29) is 12.3 Å². The number of amides is 1. The minimum atomic E-state index is -0.509. The summed E-state index contributed by atoms with van der Waals surface area (Å²) in [6.45, 7) is 1.28. The number of nitrogens with zero attached hydrogens (tertiary/aromatic N) is 1. The molecule has 6 heteroatoms. The Morgan fingerprint density at radius 3 is 2.48 bits per heavy atom. The van der Waals surface area contributed by atoms with Crippen LogP contribution >= 0.6 is 0 Å². The van der Waals surface area contributed by atoms with Gasteiger partial charge < -0.3 is 20.7 Å². The van der Waals surface area contributed by atoms with E-state index in [9.17, 15) is 9.90 Å². The fraction of sp³-hybridized carbons (Fsp3) is 0.200. The second-order valence-corrected chi connectivity index (χ2v) is 7.50. The largest absolute Gasteiger partial charge is 0.387 e. The van der Waals surface area contributed by atoms with Gasteiger partial charge in [0.1, 0.15) is 5.82 Å². The number of hydrogen-bond donors (Lipinski definition) is 4. The first kappa shape index (κ1) is 20.8. The number of imidazole rings is 1. The van der Waals surface area contributed by atoms with Crippen LogP contribution in [-0.2, 0) is 17.6 Å². The molecule has 0 aliphatic carbocycles. The van der Waals surface area contributed by atoms with Gasteiger partial charge in [0, 0.05) is 12.2 Å². The lowest BCUT2D eigenvalue weighted by atomic mass is 10.1. The Morgan fingerprint density at radius 1 is 0.968 bits per heavy atom. The normalized spacial score (nSPS) is 12.0. The third-order valence-electron chi connectivity index (χ3n) is 5.12. The maximum absolute atomic E-state index is 12.3. The predicted octanol–water partition coefficient (Wildman–Crippen LogP) is 3.61. The Balaban J connectivity index is 1.21. The minimum absolute atomic E-state index is 0.108. The molecule has 0 saturated heterocycles. The molecule has 0 radical (unpaired) electrons. The van der Waals surface area contributed by atoms with Crippen molar-refractivity contribution < 1.29 is 9.90 Å². The number of nitrogens with one attached hydrogen (secondary N) is 3. The number of hydrogen-bond acceptors (Lipinski definition) is 4. The van der Waals surface area contributed by atoms with Crippen molar-refractivity contribution in [2.45, 2.75) is 18.9 Å². The number of aliphatic hydroxyl groups excluding tert-OH is 1. The van der Waals surface area contributed by atoms with Gasteiger partial charge in [-0.2, -0.15) is 0 Å². The summed E-state index contributed by atoms with van der Waals surface area (Å²) in [5, 5.41) is 16.4. The Morgan fingerprint density at radius 2 is 1.71 bits per heavy atom. The third-order valence-corrected chi connectivity index (χ3v) is 5.12. The van der Waals surface area contributed by atoms with Gasteiger partial charge in [-0.25, -0.2) is 4.98 Å². The van der Waals surface area contributed by atoms with Crippen LogP contribution < -0.4 is 10.6 Å². The van der Waals surface area contributed by atoms with E-state index in [0.717, 1.165) is 40.8 Å². The average Bonchev–Trinajstić information content (AvgIpc) is 3.20. The number of H-pyrrole nitrogens is 1. The molecule has 1 amide bonds. The Kier molecular flexibility index (Phi) is 6.72. The number of carbonyl (C=O) groups is 1. The van der Waals surface area contributed by atoms with E-state index in [4.69, 9.17) is 0 Å². The molecule has 0 aliphatic heterocycles. The van der Waals surface area contributed by atoms with E-state index in [2.05, 4.69) is 20.6 Å². The predicted molar refractivity (Wildman–Crippen MR) is 123 cm³/mol. The summed E-state index contributed by atoms with van der Waals surface area (Å²) in [5.41, 5.74) is 4.63. The molecule has 6 nitrogen and oxygen atoms in total. The average molecular weight is 415 g/mol. The van der Waals surface area contributed by atoms with Gasteiger partial charge in [0.25, 0.3) is 0 Å². The number of carbonyl (C=O) groups excluding carboxylic acids is 1. The van der Waals surface area contributed by atoms with Crippen LogP contribution in [0.2, 0.25) is 0 Å². The summed E-state index contributed by atoms with van der Waals surface area (Å²) in [5.74, 6) is 0.544. The molecule has 0 saturated carbocycles. The molecule has 1 aromatic heterocycles. The molecule has 4 N–H and O–H groups in total. The standard InChI is InChI=1S/C25H26N4O2/c30-23(19-6-2-1-3-7-19)17-26-15-14-18-10-12-20(13-11-18)27-25(31)16-24-28-21-8-4-5-9-22(21)29-24/h1-13,23,26,30H,14-17H2,(H,27,31)(H,28,29). The molecular weight excluding hydrogens is 388 g/mol. The van der Waals surface area contributed by atoms with Gasteiger partial charge in [-0.05, 0) is 48.4 Å². The molecule has 3 aromatic carbocycles. The summed E-state index contributed by atoms with van der Waals surface area (Å²) >= 11 is 0. The zero-order valence-electron chi connectivity index (χ0n) is 17.2. The van der Waals surface area contributed by atoms with Gasteiger partial charge in [-0.15, -0.1) is 0 Å². The quantitative estimate of drug-likeness (QED) is 0.315. The highest BCUT2D eigenvalue weighted by molar-refractivity contribution is 5.92. The van der Waals surface area contributed by atoms with E-state index >= 15 is 0 Å². The van der Waals surface area contributed by atoms with Crippen LogP contribution in [0, 0.1) is 0 Å². The highest BCUT2D eigenvalue weighted by Crippen LogP contribution is 2.14. The van der Waals surface area contributed by atoms with Crippen LogP contribution in [0.15, 0.2) is 78.9 Å². The topological polar surface area (TPSA) is 90.0 Å². The van der Waals surface area contributed by atoms with Crippen molar-refractivity contribution in [2.24, 2.45) is 0 Å². The lowest BCUT2D eigenvalue weighted by Gasteiger charge is -2.12. The zero-order chi connectivity index (χ0) is 21.5. The molecule has 1 atom stereocenters. The first-order chi connectivity index (χ1) is 15.2. The van der Waals surface area contributed by atoms with Gasteiger partial charge >= 0.3 is 0 Å². The molecule has 0 aliphatic rings. The van der Waals surface area contributed by atoms with Crippen LogP contribution in [0.3, 0.4) is 0 Å².